The van der Waals surface area contributed by atoms with Crippen molar-refractivity contribution in [3.05, 3.63) is 34.5 Å². The molecule has 6 N–H and O–H groups in total. The van der Waals surface area contributed by atoms with Crippen LogP contribution < -0.4 is 16.9 Å². The molecule has 0 spiro atoms. The second-order valence-corrected chi connectivity index (χ2v) is 6.48. The zero-order valence-corrected chi connectivity index (χ0v) is 12.7. The number of aryl methyl sites for hydroxylation is 1. The van der Waals surface area contributed by atoms with Crippen molar-refractivity contribution in [1.29, 1.82) is 0 Å². The van der Waals surface area contributed by atoms with Gasteiger partial charge < -0.3 is 11.5 Å². The van der Waals surface area contributed by atoms with E-state index in [-0.39, 0.29) is 0 Å². The van der Waals surface area contributed by atoms with Gasteiger partial charge in [0.1, 0.15) is 0 Å². The van der Waals surface area contributed by atoms with Gasteiger partial charge in [0.05, 0.1) is 22.3 Å². The highest BCUT2D eigenvalue weighted by atomic mass is 14.8. The quantitative estimate of drug-likeness (QED) is 0.569. The first-order valence-electron chi connectivity index (χ1n) is 7.51. The number of fused-ring (bicyclic) bond motifs is 3. The van der Waals surface area contributed by atoms with Crippen LogP contribution in [0.4, 0.5) is 5.69 Å². The van der Waals surface area contributed by atoms with Crippen LogP contribution in [0.1, 0.15) is 49.1 Å². The van der Waals surface area contributed by atoms with Crippen molar-refractivity contribution in [3.63, 3.8) is 0 Å². The minimum atomic E-state index is -0.441. The van der Waals surface area contributed by atoms with Crippen LogP contribution in [0.5, 0.6) is 0 Å². The van der Waals surface area contributed by atoms with Crippen molar-refractivity contribution in [1.82, 2.24) is 4.98 Å². The number of hydrogen-bond acceptors (Lipinski definition) is 3. The normalized spacial score (nSPS) is 15.0. The molecule has 1 aromatic heterocycles. The fourth-order valence-corrected chi connectivity index (χ4v) is 3.38. The molecule has 0 bridgehead atoms. The van der Waals surface area contributed by atoms with Gasteiger partial charge in [-0.15, -0.1) is 0 Å². The minimum Gasteiger partial charge on any atom is -0.398 e. The summed E-state index contributed by atoms with van der Waals surface area (Å²) in [7, 11) is 0. The summed E-state index contributed by atoms with van der Waals surface area (Å²) in [5.74, 6) is 0. The average molecular weight is 283 g/mol. The lowest BCUT2D eigenvalue weighted by Gasteiger charge is -2.28. The fourth-order valence-electron chi connectivity index (χ4n) is 3.38. The van der Waals surface area contributed by atoms with Crippen LogP contribution in [0, 0.1) is 0 Å². The first-order chi connectivity index (χ1) is 9.93. The molecule has 110 valence electrons. The maximum Gasteiger partial charge on any atom is 0.170 e. The molecule has 1 heterocycles. The molecule has 0 unspecified atom stereocenters. The fraction of sp³-hybridized carbons (Fsp3) is 0.412. The summed E-state index contributed by atoms with van der Waals surface area (Å²) in [4.78, 5) is 4.85. The summed E-state index contributed by atoms with van der Waals surface area (Å²) in [5.41, 5.74) is 18.2. The third kappa shape index (κ3) is 2.20. The monoisotopic (exact) mass is 283 g/mol. The lowest BCUT2D eigenvalue weighted by atomic mass is 9.82. The van der Waals surface area contributed by atoms with Crippen LogP contribution >= 0.6 is 0 Å². The summed E-state index contributed by atoms with van der Waals surface area (Å²) in [6.45, 7) is 4.03. The Kier molecular flexibility index (Phi) is 3.21. The Bertz CT molecular complexity index is 726. The molecule has 0 saturated heterocycles. The van der Waals surface area contributed by atoms with Crippen LogP contribution in [-0.2, 0) is 18.4 Å². The molecule has 0 aliphatic heterocycles. The molecule has 0 atom stereocenters. The molecule has 0 amide bonds. The first-order valence-corrected chi connectivity index (χ1v) is 7.51. The van der Waals surface area contributed by atoms with E-state index < -0.39 is 5.54 Å². The molecule has 1 aromatic carbocycles. The Morgan fingerprint density at radius 1 is 1.19 bits per heavy atom. The van der Waals surface area contributed by atoms with Gasteiger partial charge >= 0.3 is 0 Å². The van der Waals surface area contributed by atoms with Crippen molar-refractivity contribution in [3.8, 4) is 0 Å². The maximum absolute atomic E-state index is 6.35. The second kappa shape index (κ2) is 4.81. The molecular weight excluding hydrogens is 260 g/mol. The van der Waals surface area contributed by atoms with Gasteiger partial charge in [0.2, 0.25) is 0 Å². The summed E-state index contributed by atoms with van der Waals surface area (Å²) >= 11 is 0. The molecule has 2 aromatic rings. The van der Waals surface area contributed by atoms with E-state index in [0.29, 0.717) is 5.69 Å². The van der Waals surface area contributed by atoms with Gasteiger partial charge in [-0.25, -0.2) is 0 Å². The summed E-state index contributed by atoms with van der Waals surface area (Å²) in [6, 6.07) is 3.85. The lowest BCUT2D eigenvalue weighted by Crippen LogP contribution is -2.33. The molecule has 3 rings (SSSR count). The van der Waals surface area contributed by atoms with Crippen molar-refractivity contribution < 1.29 is 5.41 Å². The van der Waals surface area contributed by atoms with Crippen LogP contribution in [0.15, 0.2) is 12.1 Å². The number of anilines is 1. The molecule has 1 aliphatic rings. The van der Waals surface area contributed by atoms with Crippen molar-refractivity contribution in [2.24, 2.45) is 5.73 Å². The van der Waals surface area contributed by atoms with E-state index in [2.05, 4.69) is 0 Å². The zero-order chi connectivity index (χ0) is 15.2. The van der Waals surface area contributed by atoms with Crippen LogP contribution in [0.3, 0.4) is 0 Å². The lowest BCUT2D eigenvalue weighted by molar-refractivity contribution is -0.104. The number of nitrogens with two attached hydrogens (primary N) is 3. The van der Waals surface area contributed by atoms with Crippen molar-refractivity contribution >= 4 is 22.8 Å². The van der Waals surface area contributed by atoms with Crippen molar-refractivity contribution in [2.75, 3.05) is 5.73 Å². The van der Waals surface area contributed by atoms with Gasteiger partial charge in [0.15, 0.2) is 6.21 Å². The maximum atomic E-state index is 6.35. The summed E-state index contributed by atoms with van der Waals surface area (Å²) < 4.78 is 0. The number of nitrogens with zero attached hydrogens (tertiary/aromatic N) is 1. The highest BCUT2D eigenvalue weighted by Crippen LogP contribution is 2.36. The van der Waals surface area contributed by atoms with Gasteiger partial charge in [-0.1, -0.05) is 0 Å². The molecule has 4 heteroatoms. The van der Waals surface area contributed by atoms with Crippen LogP contribution in [0.25, 0.3) is 10.9 Å². The van der Waals surface area contributed by atoms with E-state index >= 15 is 0 Å². The van der Waals surface area contributed by atoms with E-state index in [9.17, 15) is 0 Å². The molecule has 0 radical (unpaired) electrons. The molecule has 21 heavy (non-hydrogen) atoms. The number of aromatic nitrogens is 1. The third-order valence-electron chi connectivity index (χ3n) is 4.32. The number of hydrogen-bond donors (Lipinski definition) is 3. The highest BCUT2D eigenvalue weighted by molar-refractivity contribution is 6.03. The highest BCUT2D eigenvalue weighted by Gasteiger charge is 2.27. The average Bonchev–Trinajstić information content (AvgIpc) is 2.45. The molecule has 4 nitrogen and oxygen atoms in total. The van der Waals surface area contributed by atoms with Gasteiger partial charge in [-0.3, -0.25) is 10.4 Å². The Morgan fingerprint density at radius 3 is 2.48 bits per heavy atom. The van der Waals surface area contributed by atoms with E-state index in [1.165, 1.54) is 24.0 Å². The van der Waals surface area contributed by atoms with E-state index in [0.717, 1.165) is 35.0 Å². The van der Waals surface area contributed by atoms with E-state index in [1.54, 1.807) is 6.21 Å². The standard InChI is InChI=1S/C17H22N4/c1-17(2,20)16-11-6-4-3-5-10(11)15-12(9-18)13(19)7-8-14(15)21-16/h7-9,18H,3-6,19-20H2,1-2H3/p+1. The Morgan fingerprint density at radius 2 is 1.86 bits per heavy atom. The number of pyridine rings is 1. The predicted molar refractivity (Wildman–Crippen MR) is 87.1 cm³/mol. The zero-order valence-electron chi connectivity index (χ0n) is 12.7. The van der Waals surface area contributed by atoms with Gasteiger partial charge in [-0.05, 0) is 62.8 Å². The topological polar surface area (TPSA) is 90.5 Å². The molecule has 1 aliphatic carbocycles. The Balaban J connectivity index is 2.46. The van der Waals surface area contributed by atoms with Crippen LogP contribution in [0.2, 0.25) is 0 Å². The van der Waals surface area contributed by atoms with Gasteiger partial charge in [-0.2, -0.15) is 0 Å². The number of benzene rings is 1. The molecule has 0 saturated carbocycles. The number of rotatable bonds is 2. The molecular formula is C17H23N4+. The van der Waals surface area contributed by atoms with Gasteiger partial charge in [0.25, 0.3) is 0 Å². The predicted octanol–water partition coefficient (Wildman–Crippen LogP) is 1.07. The summed E-state index contributed by atoms with van der Waals surface area (Å²) in [6.07, 6.45) is 6.05. The smallest absolute Gasteiger partial charge is 0.170 e. The van der Waals surface area contributed by atoms with E-state index in [1.807, 2.05) is 26.0 Å². The van der Waals surface area contributed by atoms with Gasteiger partial charge in [0, 0.05) is 11.1 Å². The first kappa shape index (κ1) is 14.0. The van der Waals surface area contributed by atoms with Crippen molar-refractivity contribution in [2.45, 2.75) is 45.1 Å². The Hall–Kier alpha value is -1.94. The third-order valence-corrected chi connectivity index (χ3v) is 4.32. The summed E-state index contributed by atoms with van der Waals surface area (Å²) in [5, 5.41) is 6.93. The number of nitrogen functional groups attached to an aromatic ring is 1. The van der Waals surface area contributed by atoms with E-state index in [4.69, 9.17) is 21.9 Å². The largest absolute Gasteiger partial charge is 0.398 e. The Labute approximate surface area is 125 Å². The SMILES string of the molecule is CC(C)(N)c1nc2ccc(N)c(C=[NH2+])c2c2c1CCCC2. The second-order valence-electron chi connectivity index (χ2n) is 6.48. The van der Waals surface area contributed by atoms with Crippen LogP contribution in [-0.4, -0.2) is 11.2 Å². The molecule has 0 fully saturated rings. The minimum absolute atomic E-state index is 0.441.